The van der Waals surface area contributed by atoms with Gasteiger partial charge in [-0.25, -0.2) is 0 Å². The lowest BCUT2D eigenvalue weighted by molar-refractivity contribution is -0.171. The van der Waals surface area contributed by atoms with Crippen LogP contribution in [0, 0.1) is 0 Å². The molecule has 0 saturated heterocycles. The van der Waals surface area contributed by atoms with Gasteiger partial charge in [-0.3, -0.25) is 0 Å². The van der Waals surface area contributed by atoms with Gasteiger partial charge in [0.15, 0.2) is 5.79 Å². The van der Waals surface area contributed by atoms with Crippen LogP contribution in [0.5, 0.6) is 0 Å². The lowest BCUT2D eigenvalue weighted by Crippen LogP contribution is -2.23. The second-order valence-electron chi connectivity index (χ2n) is 4.57. The first kappa shape index (κ1) is 24.2. The Bertz CT molecular complexity index is 340. The van der Waals surface area contributed by atoms with E-state index in [1.54, 1.807) is 31.2 Å². The lowest BCUT2D eigenvalue weighted by atomic mass is 10.0. The molecule has 0 aromatic heterocycles. The summed E-state index contributed by atoms with van der Waals surface area (Å²) in [6, 6.07) is 8.81. The molecule has 8 nitrogen and oxygen atoms in total. The van der Waals surface area contributed by atoms with Gasteiger partial charge in [-0.2, -0.15) is 0 Å². The fourth-order valence-electron chi connectivity index (χ4n) is 1.02. The monoisotopic (exact) mass is 336 g/mol. The number of hydrogen-bond acceptors (Lipinski definition) is 8. The molecule has 0 aliphatic carbocycles. The Hall–Kier alpha value is -1.10. The average molecular weight is 336 g/mol. The zero-order valence-corrected chi connectivity index (χ0v) is 13.2. The molecule has 0 radical (unpaired) electrons. The molecule has 1 aromatic carbocycles. The second-order valence-corrected chi connectivity index (χ2v) is 4.57. The van der Waals surface area contributed by atoms with E-state index in [4.69, 9.17) is 30.6 Å². The molecule has 0 bridgehead atoms. The SMILES string of the molecule is CCC(O)(O)c1ccccc1.OCC(O)CO.OCC(O)CO. The Kier molecular flexibility index (Phi) is 15.2. The number of aliphatic hydroxyl groups excluding tert-OH is 6. The van der Waals surface area contributed by atoms with E-state index in [2.05, 4.69) is 0 Å². The molecule has 136 valence electrons. The van der Waals surface area contributed by atoms with E-state index >= 15 is 0 Å². The topological polar surface area (TPSA) is 162 Å². The summed E-state index contributed by atoms with van der Waals surface area (Å²) in [6.07, 6.45) is -1.60. The highest BCUT2D eigenvalue weighted by molar-refractivity contribution is 5.19. The van der Waals surface area contributed by atoms with Crippen molar-refractivity contribution in [1.82, 2.24) is 0 Å². The molecule has 1 rings (SSSR count). The molecule has 0 aliphatic rings. The zero-order valence-electron chi connectivity index (χ0n) is 13.2. The summed E-state index contributed by atoms with van der Waals surface area (Å²) in [7, 11) is 0. The smallest absolute Gasteiger partial charge is 0.189 e. The Labute approximate surface area is 135 Å². The Morgan fingerprint density at radius 1 is 0.783 bits per heavy atom. The number of hydrogen-bond donors (Lipinski definition) is 8. The van der Waals surface area contributed by atoms with Gasteiger partial charge in [0.25, 0.3) is 0 Å². The van der Waals surface area contributed by atoms with Crippen molar-refractivity contribution >= 4 is 0 Å². The van der Waals surface area contributed by atoms with Crippen molar-refractivity contribution in [3.05, 3.63) is 35.9 Å². The molecule has 0 saturated carbocycles. The standard InChI is InChI=1S/C9H12O2.2C3H8O3/c1-2-9(10,11)8-6-4-3-5-7-8;2*4-1-3(6)2-5/h3-7,10-11H,2H2,1H3;2*3-6H,1-2H2. The summed E-state index contributed by atoms with van der Waals surface area (Å²) >= 11 is 0. The van der Waals surface area contributed by atoms with Crippen LogP contribution in [0.25, 0.3) is 0 Å². The van der Waals surface area contributed by atoms with Crippen LogP contribution in [0.15, 0.2) is 30.3 Å². The van der Waals surface area contributed by atoms with E-state index < -0.39 is 18.0 Å². The van der Waals surface area contributed by atoms with Crippen LogP contribution in [0.4, 0.5) is 0 Å². The van der Waals surface area contributed by atoms with Gasteiger partial charge in [-0.05, 0) is 0 Å². The molecule has 8 N–H and O–H groups in total. The van der Waals surface area contributed by atoms with Gasteiger partial charge in [0, 0.05) is 12.0 Å². The zero-order chi connectivity index (χ0) is 18.3. The van der Waals surface area contributed by atoms with Crippen LogP contribution in [0.2, 0.25) is 0 Å². The maximum Gasteiger partial charge on any atom is 0.189 e. The quantitative estimate of drug-likeness (QED) is 0.274. The molecule has 0 atom stereocenters. The minimum Gasteiger partial charge on any atom is -0.394 e. The highest BCUT2D eigenvalue weighted by atomic mass is 16.5. The predicted octanol–water partition coefficient (Wildman–Crippen LogP) is -2.10. The maximum atomic E-state index is 9.35. The Morgan fingerprint density at radius 3 is 1.35 bits per heavy atom. The third kappa shape index (κ3) is 13.1. The van der Waals surface area contributed by atoms with E-state index in [1.807, 2.05) is 6.07 Å². The van der Waals surface area contributed by atoms with E-state index in [-0.39, 0.29) is 26.4 Å². The third-order valence-corrected chi connectivity index (χ3v) is 2.57. The number of benzene rings is 1. The molecule has 0 aliphatic heterocycles. The summed E-state index contributed by atoms with van der Waals surface area (Å²) in [5.74, 6) is -1.67. The molecular weight excluding hydrogens is 308 g/mol. The predicted molar refractivity (Wildman–Crippen MR) is 83.2 cm³/mol. The molecule has 0 fully saturated rings. The first-order chi connectivity index (χ1) is 10.8. The molecule has 1 aromatic rings. The first-order valence-electron chi connectivity index (χ1n) is 7.08. The van der Waals surface area contributed by atoms with Crippen LogP contribution in [-0.2, 0) is 5.79 Å². The lowest BCUT2D eigenvalue weighted by Gasteiger charge is -2.19. The van der Waals surface area contributed by atoms with Gasteiger partial charge >= 0.3 is 0 Å². The summed E-state index contributed by atoms with van der Waals surface area (Å²) in [4.78, 5) is 0. The number of aliphatic hydroxyl groups is 8. The molecular formula is C15H28O8. The normalized spacial score (nSPS) is 10.7. The first-order valence-corrected chi connectivity index (χ1v) is 7.08. The van der Waals surface area contributed by atoms with Gasteiger partial charge in [0.1, 0.15) is 12.2 Å². The molecule has 0 amide bonds. The van der Waals surface area contributed by atoms with Gasteiger partial charge in [-0.15, -0.1) is 0 Å². The fourth-order valence-corrected chi connectivity index (χ4v) is 1.02. The minimum atomic E-state index is -1.67. The molecule has 8 heteroatoms. The summed E-state index contributed by atoms with van der Waals surface area (Å²) in [5.41, 5.74) is 0.544. The van der Waals surface area contributed by atoms with Crippen molar-refractivity contribution in [2.24, 2.45) is 0 Å². The van der Waals surface area contributed by atoms with E-state index in [0.717, 1.165) is 0 Å². The molecule has 0 spiro atoms. The summed E-state index contributed by atoms with van der Waals surface area (Å²) in [6.45, 7) is 0.271. The maximum absolute atomic E-state index is 9.35. The summed E-state index contributed by atoms with van der Waals surface area (Å²) in [5, 5.41) is 66.7. The van der Waals surface area contributed by atoms with E-state index in [0.29, 0.717) is 12.0 Å². The van der Waals surface area contributed by atoms with E-state index in [1.165, 1.54) is 0 Å². The summed E-state index contributed by atoms with van der Waals surface area (Å²) < 4.78 is 0. The van der Waals surface area contributed by atoms with Crippen LogP contribution in [-0.4, -0.2) is 79.5 Å². The van der Waals surface area contributed by atoms with Crippen molar-refractivity contribution in [3.8, 4) is 0 Å². The fraction of sp³-hybridized carbons (Fsp3) is 0.600. The van der Waals surface area contributed by atoms with Crippen molar-refractivity contribution in [3.63, 3.8) is 0 Å². The van der Waals surface area contributed by atoms with Crippen molar-refractivity contribution < 1.29 is 40.9 Å². The van der Waals surface area contributed by atoms with Crippen molar-refractivity contribution in [2.75, 3.05) is 26.4 Å². The van der Waals surface area contributed by atoms with Gasteiger partial charge in [-0.1, -0.05) is 37.3 Å². The highest BCUT2D eigenvalue weighted by Crippen LogP contribution is 2.20. The van der Waals surface area contributed by atoms with Crippen molar-refractivity contribution in [1.29, 1.82) is 0 Å². The number of rotatable bonds is 6. The Balaban J connectivity index is 0. The van der Waals surface area contributed by atoms with E-state index in [9.17, 15) is 10.2 Å². The largest absolute Gasteiger partial charge is 0.394 e. The second kappa shape index (κ2) is 14.5. The van der Waals surface area contributed by atoms with Crippen LogP contribution < -0.4 is 0 Å². The van der Waals surface area contributed by atoms with Crippen molar-refractivity contribution in [2.45, 2.75) is 31.3 Å². The van der Waals surface area contributed by atoms with Crippen LogP contribution in [0.1, 0.15) is 18.9 Å². The Morgan fingerprint density at radius 2 is 1.13 bits per heavy atom. The molecule has 0 unspecified atom stereocenters. The van der Waals surface area contributed by atoms with Gasteiger partial charge < -0.3 is 40.9 Å². The highest BCUT2D eigenvalue weighted by Gasteiger charge is 2.21. The molecule has 0 heterocycles. The van der Waals surface area contributed by atoms with Crippen LogP contribution in [0.3, 0.4) is 0 Å². The average Bonchev–Trinajstić information content (AvgIpc) is 2.61. The third-order valence-electron chi connectivity index (χ3n) is 2.57. The van der Waals surface area contributed by atoms with Gasteiger partial charge in [0.2, 0.25) is 0 Å². The van der Waals surface area contributed by atoms with Crippen LogP contribution >= 0.6 is 0 Å². The minimum absolute atomic E-state index is 0.303. The molecule has 23 heavy (non-hydrogen) atoms. The van der Waals surface area contributed by atoms with Gasteiger partial charge in [0.05, 0.1) is 26.4 Å².